The van der Waals surface area contributed by atoms with Crippen molar-refractivity contribution in [3.63, 3.8) is 0 Å². The fourth-order valence-electron chi connectivity index (χ4n) is 1.94. The van der Waals surface area contributed by atoms with Crippen LogP contribution in [0.5, 0.6) is 0 Å². The van der Waals surface area contributed by atoms with Crippen molar-refractivity contribution in [1.29, 1.82) is 0 Å². The van der Waals surface area contributed by atoms with Crippen molar-refractivity contribution in [3.8, 4) is 10.4 Å². The minimum Gasteiger partial charge on any atom is -0.316 e. The van der Waals surface area contributed by atoms with Gasteiger partial charge in [0.1, 0.15) is 0 Å². The molecular weight excluding hydrogens is 274 g/mol. The molecule has 0 bridgehead atoms. The Bertz CT molecular complexity index is 572. The summed E-state index contributed by atoms with van der Waals surface area (Å²) in [7, 11) is 1.98. The molecule has 100 valence electrons. The highest BCUT2D eigenvalue weighted by molar-refractivity contribution is 7.16. The lowest BCUT2D eigenvalue weighted by molar-refractivity contribution is 0.851. The molecular formula is C16H18ClNS. The van der Waals surface area contributed by atoms with Crippen LogP contribution in [0.15, 0.2) is 42.0 Å². The Labute approximate surface area is 123 Å². The van der Waals surface area contributed by atoms with Crippen molar-refractivity contribution in [2.45, 2.75) is 13.3 Å². The van der Waals surface area contributed by atoms with Crippen molar-refractivity contribution >= 4 is 29.0 Å². The molecule has 0 aliphatic carbocycles. The molecule has 2 aromatic rings. The van der Waals surface area contributed by atoms with Crippen molar-refractivity contribution in [2.75, 3.05) is 13.6 Å². The van der Waals surface area contributed by atoms with E-state index < -0.39 is 0 Å². The third-order valence-corrected chi connectivity index (χ3v) is 4.37. The topological polar surface area (TPSA) is 12.0 Å². The number of nitrogens with one attached hydrogen (secondary N) is 1. The normalized spacial score (nSPS) is 11.8. The van der Waals surface area contributed by atoms with Gasteiger partial charge in [0.15, 0.2) is 0 Å². The summed E-state index contributed by atoms with van der Waals surface area (Å²) in [5, 5.41) is 4.01. The van der Waals surface area contributed by atoms with Gasteiger partial charge in [-0.05, 0) is 37.7 Å². The van der Waals surface area contributed by atoms with Gasteiger partial charge < -0.3 is 5.32 Å². The molecule has 2 rings (SSSR count). The Balaban J connectivity index is 2.27. The molecule has 0 saturated carbocycles. The SMILES string of the molecule is CCC(=Cc1ccc(-c2ccccc2Cl)s1)CNC. The number of rotatable bonds is 5. The van der Waals surface area contributed by atoms with Crippen LogP contribution in [0.1, 0.15) is 18.2 Å². The Hall–Kier alpha value is -1.09. The lowest BCUT2D eigenvalue weighted by Gasteiger charge is -2.02. The molecule has 0 radical (unpaired) electrons. The van der Waals surface area contributed by atoms with Gasteiger partial charge in [-0.15, -0.1) is 11.3 Å². The maximum absolute atomic E-state index is 6.23. The molecule has 0 amide bonds. The molecule has 1 aromatic heterocycles. The van der Waals surface area contributed by atoms with E-state index in [9.17, 15) is 0 Å². The van der Waals surface area contributed by atoms with Gasteiger partial charge in [0.2, 0.25) is 0 Å². The average molecular weight is 292 g/mol. The van der Waals surface area contributed by atoms with Crippen LogP contribution in [0.4, 0.5) is 0 Å². The molecule has 1 heterocycles. The maximum atomic E-state index is 6.23. The highest BCUT2D eigenvalue weighted by Crippen LogP contribution is 2.34. The molecule has 19 heavy (non-hydrogen) atoms. The first-order chi connectivity index (χ1) is 9.24. The molecule has 0 spiro atoms. The molecule has 1 aromatic carbocycles. The Kier molecular flexibility index (Phi) is 5.20. The quantitative estimate of drug-likeness (QED) is 0.810. The minimum absolute atomic E-state index is 0.811. The molecule has 0 aliphatic rings. The fourth-order valence-corrected chi connectivity index (χ4v) is 3.28. The highest BCUT2D eigenvalue weighted by Gasteiger charge is 2.05. The van der Waals surface area contributed by atoms with E-state index in [0.717, 1.165) is 23.6 Å². The van der Waals surface area contributed by atoms with E-state index in [1.54, 1.807) is 11.3 Å². The second-order valence-corrected chi connectivity index (χ2v) is 5.89. The Morgan fingerprint density at radius 2 is 2.05 bits per heavy atom. The maximum Gasteiger partial charge on any atom is 0.0492 e. The number of likely N-dealkylation sites (N-methyl/N-ethyl adjacent to an activating group) is 1. The van der Waals surface area contributed by atoms with Crippen LogP contribution in [0.25, 0.3) is 16.5 Å². The molecule has 3 heteroatoms. The number of thiophene rings is 1. The number of hydrogen-bond acceptors (Lipinski definition) is 2. The lowest BCUT2D eigenvalue weighted by atomic mass is 10.1. The van der Waals surface area contributed by atoms with E-state index in [1.165, 1.54) is 15.3 Å². The van der Waals surface area contributed by atoms with Gasteiger partial charge in [0.25, 0.3) is 0 Å². The van der Waals surface area contributed by atoms with Crippen molar-refractivity contribution < 1.29 is 0 Å². The summed E-state index contributed by atoms with van der Waals surface area (Å²) in [4.78, 5) is 2.50. The van der Waals surface area contributed by atoms with Gasteiger partial charge in [-0.25, -0.2) is 0 Å². The molecule has 0 atom stereocenters. The minimum atomic E-state index is 0.811. The standard InChI is InChI=1S/C16H18ClNS/c1-3-12(11-18-2)10-13-8-9-16(19-13)14-6-4-5-7-15(14)17/h4-10,18H,3,11H2,1-2H3. The summed E-state index contributed by atoms with van der Waals surface area (Å²) in [5.74, 6) is 0. The third kappa shape index (κ3) is 3.69. The van der Waals surface area contributed by atoms with Gasteiger partial charge in [0.05, 0.1) is 0 Å². The lowest BCUT2D eigenvalue weighted by Crippen LogP contribution is -2.09. The molecule has 1 nitrogen and oxygen atoms in total. The van der Waals surface area contributed by atoms with Crippen LogP contribution in [0.2, 0.25) is 5.02 Å². The second-order valence-electron chi connectivity index (χ2n) is 4.37. The van der Waals surface area contributed by atoms with Crippen molar-refractivity contribution in [3.05, 3.63) is 51.9 Å². The van der Waals surface area contributed by atoms with Crippen LogP contribution >= 0.6 is 22.9 Å². The largest absolute Gasteiger partial charge is 0.316 e. The van der Waals surface area contributed by atoms with Gasteiger partial charge in [-0.2, -0.15) is 0 Å². The van der Waals surface area contributed by atoms with Gasteiger partial charge in [0, 0.05) is 26.9 Å². The van der Waals surface area contributed by atoms with Gasteiger partial charge in [-0.3, -0.25) is 0 Å². The van der Waals surface area contributed by atoms with E-state index in [0.29, 0.717) is 0 Å². The number of benzene rings is 1. The van der Waals surface area contributed by atoms with E-state index in [-0.39, 0.29) is 0 Å². The van der Waals surface area contributed by atoms with E-state index in [1.807, 2.05) is 25.2 Å². The highest BCUT2D eigenvalue weighted by atomic mass is 35.5. The predicted molar refractivity (Wildman–Crippen MR) is 87.0 cm³/mol. The monoisotopic (exact) mass is 291 g/mol. The summed E-state index contributed by atoms with van der Waals surface area (Å²) < 4.78 is 0. The second kappa shape index (κ2) is 6.90. The summed E-state index contributed by atoms with van der Waals surface area (Å²) in [6.45, 7) is 3.13. The average Bonchev–Trinajstić information content (AvgIpc) is 2.87. The van der Waals surface area contributed by atoms with E-state index in [4.69, 9.17) is 11.6 Å². The zero-order valence-corrected chi connectivity index (χ0v) is 12.8. The number of halogens is 1. The van der Waals surface area contributed by atoms with Gasteiger partial charge >= 0.3 is 0 Å². The molecule has 0 unspecified atom stereocenters. The molecule has 0 fully saturated rings. The van der Waals surface area contributed by atoms with Gasteiger partial charge in [-0.1, -0.05) is 42.3 Å². The fraction of sp³-hybridized carbons (Fsp3) is 0.250. The third-order valence-electron chi connectivity index (χ3n) is 2.97. The van der Waals surface area contributed by atoms with Crippen molar-refractivity contribution in [1.82, 2.24) is 5.32 Å². The summed E-state index contributed by atoms with van der Waals surface area (Å²) >= 11 is 8.01. The smallest absolute Gasteiger partial charge is 0.0492 e. The van der Waals surface area contributed by atoms with Crippen LogP contribution in [0, 0.1) is 0 Å². The Morgan fingerprint density at radius 3 is 2.74 bits per heavy atom. The van der Waals surface area contributed by atoms with Crippen LogP contribution in [-0.2, 0) is 0 Å². The summed E-state index contributed by atoms with van der Waals surface area (Å²) in [6.07, 6.45) is 3.33. The first-order valence-corrected chi connectivity index (χ1v) is 7.62. The zero-order valence-electron chi connectivity index (χ0n) is 11.2. The van der Waals surface area contributed by atoms with E-state index in [2.05, 4.69) is 36.5 Å². The first kappa shape index (κ1) is 14.3. The van der Waals surface area contributed by atoms with Crippen LogP contribution < -0.4 is 5.32 Å². The Morgan fingerprint density at radius 1 is 1.26 bits per heavy atom. The number of hydrogen-bond donors (Lipinski definition) is 1. The first-order valence-electron chi connectivity index (χ1n) is 6.43. The zero-order chi connectivity index (χ0) is 13.7. The van der Waals surface area contributed by atoms with Crippen LogP contribution in [-0.4, -0.2) is 13.6 Å². The molecule has 0 saturated heterocycles. The van der Waals surface area contributed by atoms with Crippen LogP contribution in [0.3, 0.4) is 0 Å². The summed E-state index contributed by atoms with van der Waals surface area (Å²) in [6, 6.07) is 12.3. The van der Waals surface area contributed by atoms with E-state index >= 15 is 0 Å². The molecule has 0 aliphatic heterocycles. The summed E-state index contributed by atoms with van der Waals surface area (Å²) in [5.41, 5.74) is 2.52. The predicted octanol–water partition coefficient (Wildman–Crippen LogP) is 5.08. The molecule has 1 N–H and O–H groups in total. The van der Waals surface area contributed by atoms with Crippen molar-refractivity contribution in [2.24, 2.45) is 0 Å².